The van der Waals surface area contributed by atoms with E-state index in [1.165, 1.54) is 16.7 Å². The van der Waals surface area contributed by atoms with Crippen LogP contribution in [0.2, 0.25) is 5.02 Å². The molecule has 0 saturated carbocycles. The van der Waals surface area contributed by atoms with Crippen LogP contribution in [0.5, 0.6) is 0 Å². The predicted octanol–water partition coefficient (Wildman–Crippen LogP) is 3.22. The van der Waals surface area contributed by atoms with Gasteiger partial charge < -0.3 is 4.74 Å². The highest BCUT2D eigenvalue weighted by Crippen LogP contribution is 2.35. The summed E-state index contributed by atoms with van der Waals surface area (Å²) in [5, 5.41) is 6.68. The summed E-state index contributed by atoms with van der Waals surface area (Å²) in [6, 6.07) is 1.19. The highest BCUT2D eigenvalue weighted by molar-refractivity contribution is 9.10. The van der Waals surface area contributed by atoms with Gasteiger partial charge in [0.1, 0.15) is 21.7 Å². The van der Waals surface area contributed by atoms with Crippen molar-refractivity contribution >= 4 is 54.4 Å². The summed E-state index contributed by atoms with van der Waals surface area (Å²) < 4.78 is 73.3. The van der Waals surface area contributed by atoms with E-state index in [-0.39, 0.29) is 38.6 Å². The number of fused-ring (bicyclic) bond motifs is 1. The van der Waals surface area contributed by atoms with Gasteiger partial charge >= 0.3 is 0 Å². The molecule has 1 N–H and O–H groups in total. The maximum atomic E-state index is 13.3. The number of halogens is 5. The molecule has 1 fully saturated rings. The Balaban J connectivity index is 1.83. The van der Waals surface area contributed by atoms with Gasteiger partial charge in [0.2, 0.25) is 10.0 Å². The van der Waals surface area contributed by atoms with Gasteiger partial charge in [-0.25, -0.2) is 26.6 Å². The van der Waals surface area contributed by atoms with Crippen molar-refractivity contribution in [2.75, 3.05) is 19.9 Å². The summed E-state index contributed by atoms with van der Waals surface area (Å²) >= 11 is 10.1. The Kier molecular flexibility index (Phi) is 5.36. The van der Waals surface area contributed by atoms with Crippen LogP contribution < -0.4 is 4.72 Å². The van der Waals surface area contributed by atoms with Gasteiger partial charge in [-0.2, -0.15) is 4.72 Å². The number of sulfonamides is 1. The number of aromatic nitrogens is 4. The molecule has 0 unspecified atom stereocenters. The van der Waals surface area contributed by atoms with Crippen molar-refractivity contribution in [2.45, 2.75) is 16.9 Å². The van der Waals surface area contributed by atoms with Crippen molar-refractivity contribution in [3.8, 4) is 10.8 Å². The van der Waals surface area contributed by atoms with Crippen molar-refractivity contribution < 1.29 is 26.3 Å². The number of hydrogen-bond acceptors (Lipinski definition) is 7. The summed E-state index contributed by atoms with van der Waals surface area (Å²) in [7, 11) is -4.17. The molecule has 0 aliphatic carbocycles. The number of pyridine rings is 1. The third-order valence-corrected chi connectivity index (χ3v) is 7.43. The lowest BCUT2D eigenvalue weighted by molar-refractivity contribution is -0.0725. The molecule has 8 nitrogen and oxygen atoms in total. The van der Waals surface area contributed by atoms with Crippen LogP contribution in [0.4, 0.5) is 13.2 Å². The number of alkyl halides is 3. The molecule has 3 aromatic heterocycles. The maximum absolute atomic E-state index is 13.3. The van der Waals surface area contributed by atoms with Gasteiger partial charge in [0, 0.05) is 6.20 Å². The molecular weight excluding hydrogens is 523 g/mol. The SMILES string of the molecule is O=S(=O)(NC1(CF)COC1)c1cc(Cl)c2c(Br)nc(-c3nnc(C(F)F)s3)n2c1. The monoisotopic (exact) mass is 531 g/mol. The Bertz CT molecular complexity index is 1190. The van der Waals surface area contributed by atoms with Gasteiger partial charge in [-0.15, -0.1) is 10.2 Å². The average molecular weight is 533 g/mol. The van der Waals surface area contributed by atoms with E-state index in [2.05, 4.69) is 35.8 Å². The summed E-state index contributed by atoms with van der Waals surface area (Å²) in [6.07, 6.45) is -1.60. The number of rotatable bonds is 6. The molecule has 1 aliphatic rings. The Hall–Kier alpha value is -1.32. The first-order valence-corrected chi connectivity index (χ1v) is 11.3. The number of hydrogen-bond donors (Lipinski definition) is 1. The van der Waals surface area contributed by atoms with Gasteiger partial charge in [-0.3, -0.25) is 4.40 Å². The first kappa shape index (κ1) is 20.9. The minimum Gasteiger partial charge on any atom is -0.377 e. The lowest BCUT2D eigenvalue weighted by atomic mass is 10.0. The Morgan fingerprint density at radius 3 is 2.69 bits per heavy atom. The zero-order valence-electron chi connectivity index (χ0n) is 14.1. The van der Waals surface area contributed by atoms with Crippen molar-refractivity contribution in [3.05, 3.63) is 26.9 Å². The van der Waals surface area contributed by atoms with Gasteiger partial charge in [0.15, 0.2) is 15.8 Å². The Labute approximate surface area is 179 Å². The Morgan fingerprint density at radius 2 is 2.14 bits per heavy atom. The molecule has 0 amide bonds. The van der Waals surface area contributed by atoms with Crippen LogP contribution >= 0.6 is 38.9 Å². The fraction of sp³-hybridized carbons (Fsp3) is 0.357. The molecule has 29 heavy (non-hydrogen) atoms. The predicted molar refractivity (Wildman–Crippen MR) is 102 cm³/mol. The molecule has 4 rings (SSSR count). The molecule has 1 saturated heterocycles. The quantitative estimate of drug-likeness (QED) is 0.524. The minimum absolute atomic E-state index is 0.0243. The number of nitrogens with one attached hydrogen (secondary N) is 1. The van der Waals surface area contributed by atoms with Crippen molar-refractivity contribution in [1.82, 2.24) is 24.3 Å². The molecule has 4 heterocycles. The summed E-state index contributed by atoms with van der Waals surface area (Å²) in [5.41, 5.74) is -1.02. The van der Waals surface area contributed by atoms with E-state index in [9.17, 15) is 21.6 Å². The number of nitrogens with zero attached hydrogens (tertiary/aromatic N) is 4. The highest BCUT2D eigenvalue weighted by Gasteiger charge is 2.43. The molecule has 0 atom stereocenters. The average Bonchev–Trinajstić information content (AvgIpc) is 3.23. The van der Waals surface area contributed by atoms with E-state index < -0.39 is 33.7 Å². The zero-order valence-corrected chi connectivity index (χ0v) is 18.0. The van der Waals surface area contributed by atoms with E-state index in [4.69, 9.17) is 16.3 Å². The van der Waals surface area contributed by atoms with Gasteiger partial charge in [-0.05, 0) is 22.0 Å². The molecule has 3 aromatic rings. The molecular formula is C14H10BrClF3N5O3S2. The highest BCUT2D eigenvalue weighted by atomic mass is 79.9. The molecule has 156 valence electrons. The van der Waals surface area contributed by atoms with E-state index in [1.54, 1.807) is 0 Å². The topological polar surface area (TPSA) is 98.5 Å². The smallest absolute Gasteiger partial charge is 0.291 e. The summed E-state index contributed by atoms with van der Waals surface area (Å²) in [5.74, 6) is 0.0717. The van der Waals surface area contributed by atoms with Crippen LogP contribution in [0, 0.1) is 0 Å². The normalized spacial score (nSPS) is 16.5. The summed E-state index contributed by atoms with van der Waals surface area (Å²) in [6.45, 7) is -1.13. The van der Waals surface area contributed by atoms with Crippen LogP contribution in [0.15, 0.2) is 21.8 Å². The van der Waals surface area contributed by atoms with Crippen LogP contribution in [0.25, 0.3) is 16.3 Å². The largest absolute Gasteiger partial charge is 0.377 e. The van der Waals surface area contributed by atoms with E-state index in [0.29, 0.717) is 16.9 Å². The molecule has 15 heteroatoms. The molecule has 0 spiro atoms. The fourth-order valence-corrected chi connectivity index (χ4v) is 5.78. The maximum Gasteiger partial charge on any atom is 0.291 e. The lowest BCUT2D eigenvalue weighted by Gasteiger charge is -2.39. The van der Waals surface area contributed by atoms with Gasteiger partial charge in [-0.1, -0.05) is 22.9 Å². The number of ether oxygens (including phenoxy) is 1. The van der Waals surface area contributed by atoms with Crippen LogP contribution in [-0.4, -0.2) is 53.4 Å². The van der Waals surface area contributed by atoms with Gasteiger partial charge in [0.05, 0.1) is 23.8 Å². The lowest BCUT2D eigenvalue weighted by Crippen LogP contribution is -2.63. The van der Waals surface area contributed by atoms with Crippen molar-refractivity contribution in [2.24, 2.45) is 0 Å². The van der Waals surface area contributed by atoms with Crippen LogP contribution in [0.3, 0.4) is 0 Å². The van der Waals surface area contributed by atoms with Crippen molar-refractivity contribution in [3.63, 3.8) is 0 Å². The molecule has 0 radical (unpaired) electrons. The van der Waals surface area contributed by atoms with Crippen LogP contribution in [0.1, 0.15) is 11.4 Å². The first-order valence-electron chi connectivity index (χ1n) is 7.82. The second kappa shape index (κ2) is 7.42. The molecule has 0 bridgehead atoms. The third-order valence-electron chi connectivity index (χ3n) is 4.11. The van der Waals surface area contributed by atoms with Crippen LogP contribution in [-0.2, 0) is 14.8 Å². The third kappa shape index (κ3) is 3.65. The van der Waals surface area contributed by atoms with E-state index in [1.807, 2.05) is 0 Å². The second-order valence-electron chi connectivity index (χ2n) is 6.23. The van der Waals surface area contributed by atoms with E-state index in [0.717, 1.165) is 0 Å². The zero-order chi connectivity index (χ0) is 21.0. The summed E-state index contributed by atoms with van der Waals surface area (Å²) in [4.78, 5) is 3.93. The Morgan fingerprint density at radius 1 is 1.41 bits per heavy atom. The molecule has 1 aliphatic heterocycles. The second-order valence-corrected chi connectivity index (χ2v) is 10.1. The molecule has 0 aromatic carbocycles. The minimum atomic E-state index is -4.17. The van der Waals surface area contributed by atoms with Gasteiger partial charge in [0.25, 0.3) is 6.43 Å². The van der Waals surface area contributed by atoms with Crippen molar-refractivity contribution in [1.29, 1.82) is 0 Å². The van der Waals surface area contributed by atoms with E-state index >= 15 is 0 Å². The number of imidazole rings is 1. The first-order chi connectivity index (χ1) is 13.7. The standard InChI is InChI=1S/C14H10BrClF3N5O3S2/c15-9-8-7(16)1-6(29(25,26)23-14(3-17)4-27-5-14)2-24(8)11(20-9)13-22-21-12(28-13)10(18)19/h1-2,10,23H,3-5H2. The fourth-order valence-electron chi connectivity index (χ4n) is 2.67.